The van der Waals surface area contributed by atoms with E-state index in [0.29, 0.717) is 6.04 Å². The molecule has 0 aromatic carbocycles. The van der Waals surface area contributed by atoms with E-state index in [1.165, 1.54) is 6.33 Å². The smallest absolute Gasteiger partial charge is 0.129 e. The van der Waals surface area contributed by atoms with Gasteiger partial charge < -0.3 is 5.32 Å². The summed E-state index contributed by atoms with van der Waals surface area (Å²) in [6.07, 6.45) is 3.25. The van der Waals surface area contributed by atoms with Crippen molar-refractivity contribution in [2.24, 2.45) is 0 Å². The molecule has 3 heteroatoms. The maximum absolute atomic E-state index is 4.00. The molecule has 0 saturated heterocycles. The highest BCUT2D eigenvalue weighted by molar-refractivity contribution is 5.32. The Kier molecular flexibility index (Phi) is 2.20. The summed E-state index contributed by atoms with van der Waals surface area (Å²) >= 11 is 0. The first-order valence-corrected chi connectivity index (χ1v) is 3.31. The number of nitrogens with zero attached hydrogens (tertiary/aromatic N) is 2. The maximum Gasteiger partial charge on any atom is 0.129 e. The Morgan fingerprint density at radius 1 is 1.50 bits per heavy atom. The highest BCUT2D eigenvalue weighted by atomic mass is 15.0. The summed E-state index contributed by atoms with van der Waals surface area (Å²) in [6.45, 7) is 4.14. The van der Waals surface area contributed by atoms with Crippen LogP contribution >= 0.6 is 0 Å². The lowest BCUT2D eigenvalue weighted by atomic mass is 10.4. The number of rotatable bonds is 2. The van der Waals surface area contributed by atoms with Gasteiger partial charge in [0.15, 0.2) is 0 Å². The Morgan fingerprint density at radius 2 is 2.30 bits per heavy atom. The summed E-state index contributed by atoms with van der Waals surface area (Å²) in [6, 6.07) is 2.27. The number of anilines is 1. The van der Waals surface area contributed by atoms with Gasteiger partial charge in [0.05, 0.1) is 0 Å². The second-order valence-corrected chi connectivity index (χ2v) is 2.39. The van der Waals surface area contributed by atoms with E-state index >= 15 is 0 Å². The van der Waals surface area contributed by atoms with Gasteiger partial charge in [0.25, 0.3) is 0 Å². The predicted octanol–water partition coefficient (Wildman–Crippen LogP) is 1.30. The van der Waals surface area contributed by atoms with Crippen molar-refractivity contribution in [3.8, 4) is 0 Å². The van der Waals surface area contributed by atoms with Crippen molar-refractivity contribution in [3.05, 3.63) is 18.6 Å². The van der Waals surface area contributed by atoms with Crippen LogP contribution in [0.3, 0.4) is 0 Å². The van der Waals surface area contributed by atoms with E-state index in [-0.39, 0.29) is 0 Å². The van der Waals surface area contributed by atoms with Crippen molar-refractivity contribution in [3.63, 3.8) is 0 Å². The summed E-state index contributed by atoms with van der Waals surface area (Å²) < 4.78 is 0. The molecule has 10 heavy (non-hydrogen) atoms. The quantitative estimate of drug-likeness (QED) is 0.667. The largest absolute Gasteiger partial charge is 0.368 e. The molecule has 3 nitrogen and oxygen atoms in total. The summed E-state index contributed by atoms with van der Waals surface area (Å²) in [5, 5.41) is 3.15. The predicted molar refractivity (Wildman–Crippen MR) is 40.8 cm³/mol. The van der Waals surface area contributed by atoms with Gasteiger partial charge in [-0.2, -0.15) is 0 Å². The standard InChI is InChI=1S/C7H11N3/c1-6(2)10-7-3-4-8-5-9-7/h3-6H,1-2H3,(H,8,9,10). The average molecular weight is 137 g/mol. The maximum atomic E-state index is 4.00. The fourth-order valence-corrected chi connectivity index (χ4v) is 0.672. The molecule has 0 saturated carbocycles. The molecule has 1 rings (SSSR count). The first-order chi connectivity index (χ1) is 4.79. The highest BCUT2D eigenvalue weighted by Gasteiger charge is 1.92. The number of aromatic nitrogens is 2. The minimum Gasteiger partial charge on any atom is -0.368 e. The van der Waals surface area contributed by atoms with Crippen LogP contribution < -0.4 is 5.32 Å². The van der Waals surface area contributed by atoms with Gasteiger partial charge in [-0.1, -0.05) is 0 Å². The van der Waals surface area contributed by atoms with Crippen LogP contribution in [0.1, 0.15) is 13.8 Å². The molecule has 1 N–H and O–H groups in total. The van der Waals surface area contributed by atoms with Gasteiger partial charge in [-0.15, -0.1) is 0 Å². The molecule has 0 fully saturated rings. The van der Waals surface area contributed by atoms with Gasteiger partial charge in [-0.25, -0.2) is 9.97 Å². The molecule has 0 aliphatic heterocycles. The number of nitrogens with one attached hydrogen (secondary N) is 1. The molecule has 1 heterocycles. The summed E-state index contributed by atoms with van der Waals surface area (Å²) in [5.74, 6) is 0.880. The van der Waals surface area contributed by atoms with Crippen molar-refractivity contribution < 1.29 is 0 Å². The molecule has 0 aliphatic carbocycles. The van der Waals surface area contributed by atoms with E-state index in [1.807, 2.05) is 6.07 Å². The van der Waals surface area contributed by atoms with Crippen LogP contribution in [0.15, 0.2) is 18.6 Å². The molecule has 0 spiro atoms. The lowest BCUT2D eigenvalue weighted by Gasteiger charge is -2.06. The van der Waals surface area contributed by atoms with Crippen LogP contribution in [-0.2, 0) is 0 Å². The van der Waals surface area contributed by atoms with Gasteiger partial charge in [0, 0.05) is 12.2 Å². The van der Waals surface area contributed by atoms with Crippen LogP contribution in [0, 0.1) is 0 Å². The van der Waals surface area contributed by atoms with Crippen LogP contribution in [-0.4, -0.2) is 16.0 Å². The van der Waals surface area contributed by atoms with Crippen LogP contribution in [0.5, 0.6) is 0 Å². The van der Waals surface area contributed by atoms with E-state index in [2.05, 4.69) is 29.1 Å². The normalized spacial score (nSPS) is 9.90. The number of hydrogen-bond donors (Lipinski definition) is 1. The van der Waals surface area contributed by atoms with Crippen molar-refractivity contribution >= 4 is 5.82 Å². The molecule has 54 valence electrons. The van der Waals surface area contributed by atoms with Crippen LogP contribution in [0.2, 0.25) is 0 Å². The Labute approximate surface area is 60.5 Å². The Hall–Kier alpha value is -1.12. The first kappa shape index (κ1) is 6.99. The molecule has 1 aromatic heterocycles. The van der Waals surface area contributed by atoms with Gasteiger partial charge in [0.2, 0.25) is 0 Å². The second kappa shape index (κ2) is 3.15. The van der Waals surface area contributed by atoms with Gasteiger partial charge in [0.1, 0.15) is 12.1 Å². The molecular formula is C7H11N3. The molecule has 0 radical (unpaired) electrons. The average Bonchev–Trinajstić information content (AvgIpc) is 1.88. The lowest BCUT2D eigenvalue weighted by molar-refractivity contribution is 0.886. The minimum atomic E-state index is 0.426. The van der Waals surface area contributed by atoms with Crippen LogP contribution in [0.25, 0.3) is 0 Å². The van der Waals surface area contributed by atoms with Crippen molar-refractivity contribution in [2.75, 3.05) is 5.32 Å². The minimum absolute atomic E-state index is 0.426. The molecule has 0 atom stereocenters. The fourth-order valence-electron chi connectivity index (χ4n) is 0.672. The molecule has 1 aromatic rings. The zero-order valence-electron chi connectivity index (χ0n) is 6.20. The summed E-state index contributed by atoms with van der Waals surface area (Å²) in [4.78, 5) is 7.80. The molecular weight excluding hydrogens is 126 g/mol. The van der Waals surface area contributed by atoms with E-state index in [9.17, 15) is 0 Å². The lowest BCUT2D eigenvalue weighted by Crippen LogP contribution is -2.10. The zero-order valence-corrected chi connectivity index (χ0v) is 6.20. The Bertz CT molecular complexity index is 183. The molecule has 0 unspecified atom stereocenters. The van der Waals surface area contributed by atoms with Crippen molar-refractivity contribution in [2.45, 2.75) is 19.9 Å². The third-order valence-corrected chi connectivity index (χ3v) is 1.02. The van der Waals surface area contributed by atoms with E-state index in [0.717, 1.165) is 5.82 Å². The fraction of sp³-hybridized carbons (Fsp3) is 0.429. The Morgan fingerprint density at radius 3 is 2.80 bits per heavy atom. The highest BCUT2D eigenvalue weighted by Crippen LogP contribution is 1.99. The summed E-state index contributed by atoms with van der Waals surface area (Å²) in [5.41, 5.74) is 0. The third-order valence-electron chi connectivity index (χ3n) is 1.02. The van der Waals surface area contributed by atoms with Gasteiger partial charge in [-0.05, 0) is 19.9 Å². The third kappa shape index (κ3) is 2.01. The van der Waals surface area contributed by atoms with E-state index in [4.69, 9.17) is 0 Å². The van der Waals surface area contributed by atoms with E-state index < -0.39 is 0 Å². The molecule has 0 bridgehead atoms. The Balaban J connectivity index is 2.59. The van der Waals surface area contributed by atoms with Gasteiger partial charge >= 0.3 is 0 Å². The number of hydrogen-bond acceptors (Lipinski definition) is 3. The molecule has 0 aliphatic rings. The SMILES string of the molecule is CC(C)Nc1ccncn1. The zero-order chi connectivity index (χ0) is 7.40. The first-order valence-electron chi connectivity index (χ1n) is 3.31. The second-order valence-electron chi connectivity index (χ2n) is 2.39. The van der Waals surface area contributed by atoms with Crippen molar-refractivity contribution in [1.29, 1.82) is 0 Å². The summed E-state index contributed by atoms with van der Waals surface area (Å²) in [7, 11) is 0. The van der Waals surface area contributed by atoms with Gasteiger partial charge in [-0.3, -0.25) is 0 Å². The van der Waals surface area contributed by atoms with Crippen molar-refractivity contribution in [1.82, 2.24) is 9.97 Å². The monoisotopic (exact) mass is 137 g/mol. The molecule has 0 amide bonds. The topological polar surface area (TPSA) is 37.8 Å². The van der Waals surface area contributed by atoms with E-state index in [1.54, 1.807) is 6.20 Å². The van der Waals surface area contributed by atoms with Crippen LogP contribution in [0.4, 0.5) is 5.82 Å².